The van der Waals surface area contributed by atoms with Crippen LogP contribution in [0.4, 0.5) is 0 Å². The van der Waals surface area contributed by atoms with Gasteiger partial charge in [-0.25, -0.2) is 0 Å². The molecule has 2 atom stereocenters. The fraction of sp³-hybridized carbons (Fsp3) is 0.529. The molecule has 0 bridgehead atoms. The van der Waals surface area contributed by atoms with E-state index >= 15 is 0 Å². The van der Waals surface area contributed by atoms with Crippen LogP contribution in [0.2, 0.25) is 0 Å². The molecule has 1 amide bonds. The van der Waals surface area contributed by atoms with Gasteiger partial charge in [-0.15, -0.1) is 0 Å². The second kappa shape index (κ2) is 6.46. The van der Waals surface area contributed by atoms with E-state index < -0.39 is 0 Å². The summed E-state index contributed by atoms with van der Waals surface area (Å²) in [7, 11) is 0. The van der Waals surface area contributed by atoms with Crippen LogP contribution in [-0.4, -0.2) is 29.2 Å². The van der Waals surface area contributed by atoms with Gasteiger partial charge in [-0.05, 0) is 72.5 Å². The van der Waals surface area contributed by atoms with Crippen molar-refractivity contribution in [3.63, 3.8) is 0 Å². The highest BCUT2D eigenvalue weighted by molar-refractivity contribution is 14.1. The van der Waals surface area contributed by atoms with Crippen molar-refractivity contribution in [3.05, 3.63) is 33.4 Å². The van der Waals surface area contributed by atoms with Crippen LogP contribution in [0.1, 0.15) is 48.9 Å². The fourth-order valence-corrected chi connectivity index (χ4v) is 4.00. The molecule has 112 valence electrons. The van der Waals surface area contributed by atoms with Gasteiger partial charge < -0.3 is 4.90 Å². The highest BCUT2D eigenvalue weighted by atomic mass is 127. The number of carbonyl (C=O) groups excluding carboxylic acids is 2. The summed E-state index contributed by atoms with van der Waals surface area (Å²) < 4.78 is 1.13. The normalized spacial score (nSPS) is 26.1. The molecule has 21 heavy (non-hydrogen) atoms. The molecule has 2 unspecified atom stereocenters. The second-order valence-corrected chi connectivity index (χ2v) is 7.28. The van der Waals surface area contributed by atoms with Crippen molar-refractivity contribution in [2.75, 3.05) is 6.54 Å². The molecule has 1 aliphatic carbocycles. The summed E-state index contributed by atoms with van der Waals surface area (Å²) in [6.45, 7) is 0.791. The molecule has 0 spiro atoms. The first kappa shape index (κ1) is 15.0. The predicted octanol–water partition coefficient (Wildman–Crippen LogP) is 3.66. The number of hydrogen-bond donors (Lipinski definition) is 0. The molecular weight excluding hydrogens is 377 g/mol. The number of rotatable bonds is 2. The zero-order valence-electron chi connectivity index (χ0n) is 12.1. The van der Waals surface area contributed by atoms with Gasteiger partial charge in [0.1, 0.15) is 5.78 Å². The summed E-state index contributed by atoms with van der Waals surface area (Å²) in [5.41, 5.74) is 0.741. The highest BCUT2D eigenvalue weighted by Gasteiger charge is 2.39. The van der Waals surface area contributed by atoms with E-state index in [-0.39, 0.29) is 17.9 Å². The molecule has 1 aromatic carbocycles. The van der Waals surface area contributed by atoms with E-state index in [0.717, 1.165) is 47.8 Å². The van der Waals surface area contributed by atoms with Crippen molar-refractivity contribution < 1.29 is 9.59 Å². The molecule has 1 heterocycles. The number of benzene rings is 1. The van der Waals surface area contributed by atoms with Gasteiger partial charge in [0, 0.05) is 34.1 Å². The lowest BCUT2D eigenvalue weighted by Gasteiger charge is -2.33. The van der Waals surface area contributed by atoms with Gasteiger partial charge in [0.15, 0.2) is 0 Å². The lowest BCUT2D eigenvalue weighted by atomic mass is 9.81. The van der Waals surface area contributed by atoms with Crippen molar-refractivity contribution in [1.29, 1.82) is 0 Å². The quantitative estimate of drug-likeness (QED) is 0.715. The first-order valence-corrected chi connectivity index (χ1v) is 8.84. The van der Waals surface area contributed by atoms with Gasteiger partial charge in [-0.3, -0.25) is 9.59 Å². The number of amides is 1. The Labute approximate surface area is 139 Å². The summed E-state index contributed by atoms with van der Waals surface area (Å²) in [4.78, 5) is 26.9. The molecule has 0 N–H and O–H groups in total. The maximum absolute atomic E-state index is 12.7. The zero-order valence-corrected chi connectivity index (χ0v) is 14.2. The Hall–Kier alpha value is -0.910. The Bertz CT molecular complexity index is 540. The van der Waals surface area contributed by atoms with Crippen molar-refractivity contribution in [2.24, 2.45) is 5.92 Å². The molecule has 1 saturated heterocycles. The van der Waals surface area contributed by atoms with Crippen LogP contribution in [0.5, 0.6) is 0 Å². The Balaban J connectivity index is 1.78. The molecule has 3 rings (SSSR count). The average Bonchev–Trinajstić information content (AvgIpc) is 2.97. The largest absolute Gasteiger partial charge is 0.335 e. The van der Waals surface area contributed by atoms with Gasteiger partial charge in [-0.1, -0.05) is 6.42 Å². The van der Waals surface area contributed by atoms with E-state index in [0.29, 0.717) is 12.2 Å². The van der Waals surface area contributed by atoms with Crippen LogP contribution in [0.15, 0.2) is 24.3 Å². The maximum atomic E-state index is 12.7. The molecule has 1 saturated carbocycles. The number of ketones is 1. The maximum Gasteiger partial charge on any atom is 0.254 e. The first-order valence-electron chi connectivity index (χ1n) is 7.76. The number of hydrogen-bond acceptors (Lipinski definition) is 2. The Kier molecular flexibility index (Phi) is 4.62. The van der Waals surface area contributed by atoms with Crippen LogP contribution >= 0.6 is 22.6 Å². The number of carbonyl (C=O) groups is 2. The molecule has 2 aliphatic rings. The lowest BCUT2D eigenvalue weighted by Crippen LogP contribution is -2.43. The van der Waals surface area contributed by atoms with Gasteiger partial charge in [-0.2, -0.15) is 0 Å². The number of nitrogens with zero attached hydrogens (tertiary/aromatic N) is 1. The SMILES string of the molecule is O=C1CCCCC1C1CCCN1C(=O)c1ccc(I)cc1. The van der Waals surface area contributed by atoms with Crippen molar-refractivity contribution >= 4 is 34.3 Å². The molecule has 1 aliphatic heterocycles. The van der Waals surface area contributed by atoms with Gasteiger partial charge in [0.05, 0.1) is 0 Å². The van der Waals surface area contributed by atoms with Crippen LogP contribution < -0.4 is 0 Å². The average molecular weight is 397 g/mol. The zero-order chi connectivity index (χ0) is 14.8. The van der Waals surface area contributed by atoms with Crippen LogP contribution in [0.25, 0.3) is 0 Å². The third kappa shape index (κ3) is 3.15. The Morgan fingerprint density at radius 1 is 1.10 bits per heavy atom. The van der Waals surface area contributed by atoms with E-state index in [1.165, 1.54) is 0 Å². The molecule has 0 radical (unpaired) electrons. The third-order valence-electron chi connectivity index (χ3n) is 4.72. The van der Waals surface area contributed by atoms with Crippen LogP contribution in [0, 0.1) is 9.49 Å². The Morgan fingerprint density at radius 3 is 2.57 bits per heavy atom. The van der Waals surface area contributed by atoms with E-state index in [2.05, 4.69) is 22.6 Å². The van der Waals surface area contributed by atoms with E-state index in [9.17, 15) is 9.59 Å². The summed E-state index contributed by atoms with van der Waals surface area (Å²) >= 11 is 2.24. The second-order valence-electron chi connectivity index (χ2n) is 6.03. The molecule has 1 aromatic rings. The summed E-state index contributed by atoms with van der Waals surface area (Å²) in [6, 6.07) is 7.84. The van der Waals surface area contributed by atoms with E-state index in [4.69, 9.17) is 0 Å². The minimum Gasteiger partial charge on any atom is -0.335 e. The van der Waals surface area contributed by atoms with E-state index in [1.54, 1.807) is 0 Å². The monoisotopic (exact) mass is 397 g/mol. The number of likely N-dealkylation sites (tertiary alicyclic amines) is 1. The minimum absolute atomic E-state index is 0.0778. The standard InChI is InChI=1S/C17H20INO2/c18-13-9-7-12(8-10-13)17(21)19-11-3-5-15(19)14-4-1-2-6-16(14)20/h7-10,14-15H,1-6,11H2. The van der Waals surface area contributed by atoms with Crippen LogP contribution in [-0.2, 0) is 4.79 Å². The predicted molar refractivity (Wildman–Crippen MR) is 90.2 cm³/mol. The van der Waals surface area contributed by atoms with Crippen LogP contribution in [0.3, 0.4) is 0 Å². The lowest BCUT2D eigenvalue weighted by molar-refractivity contribution is -0.126. The number of halogens is 1. The summed E-state index contributed by atoms with van der Waals surface area (Å²) in [5, 5.41) is 0. The van der Waals surface area contributed by atoms with Gasteiger partial charge in [0.25, 0.3) is 5.91 Å². The van der Waals surface area contributed by atoms with Crippen molar-refractivity contribution in [1.82, 2.24) is 4.90 Å². The van der Waals surface area contributed by atoms with Gasteiger partial charge in [0.2, 0.25) is 0 Å². The molecular formula is C17H20INO2. The van der Waals surface area contributed by atoms with Crippen molar-refractivity contribution in [2.45, 2.75) is 44.6 Å². The molecule has 4 heteroatoms. The van der Waals surface area contributed by atoms with Gasteiger partial charge >= 0.3 is 0 Å². The van der Waals surface area contributed by atoms with Crippen molar-refractivity contribution in [3.8, 4) is 0 Å². The minimum atomic E-state index is 0.0778. The van der Waals surface area contributed by atoms with E-state index in [1.807, 2.05) is 29.2 Å². The topological polar surface area (TPSA) is 37.4 Å². The summed E-state index contributed by atoms with van der Waals surface area (Å²) in [5.74, 6) is 0.537. The fourth-order valence-electron chi connectivity index (χ4n) is 3.64. The first-order chi connectivity index (χ1) is 10.2. The molecule has 2 fully saturated rings. The number of Topliss-reactive ketones (excluding diaryl/α,β-unsaturated/α-hetero) is 1. The third-order valence-corrected chi connectivity index (χ3v) is 5.44. The smallest absolute Gasteiger partial charge is 0.254 e. The highest BCUT2D eigenvalue weighted by Crippen LogP contribution is 2.33. The molecule has 0 aromatic heterocycles. The Morgan fingerprint density at radius 2 is 1.86 bits per heavy atom. The molecule has 3 nitrogen and oxygen atoms in total. The summed E-state index contributed by atoms with van der Waals surface area (Å²) in [6.07, 6.45) is 5.80.